The lowest BCUT2D eigenvalue weighted by atomic mass is 9.60. The minimum Gasteiger partial charge on any atom is -0.493 e. The summed E-state index contributed by atoms with van der Waals surface area (Å²) in [5.41, 5.74) is 4.64. The molecule has 109 heavy (non-hydrogen) atoms. The van der Waals surface area contributed by atoms with Crippen molar-refractivity contribution in [1.82, 2.24) is 0 Å². The third-order valence-electron chi connectivity index (χ3n) is 28.3. The van der Waals surface area contributed by atoms with Gasteiger partial charge < -0.3 is 70.0 Å². The summed E-state index contributed by atoms with van der Waals surface area (Å²) in [5.74, 6) is 17.5. The van der Waals surface area contributed by atoms with Gasteiger partial charge in [0.2, 0.25) is 0 Å². The molecule has 18 heteroatoms. The Kier molecular flexibility index (Phi) is 37.9. The molecule has 10 N–H and O–H groups in total. The van der Waals surface area contributed by atoms with Gasteiger partial charge in [-0.15, -0.1) is 0 Å². The van der Waals surface area contributed by atoms with Crippen molar-refractivity contribution in [1.29, 1.82) is 0 Å². The van der Waals surface area contributed by atoms with Crippen molar-refractivity contribution in [3.05, 3.63) is 113 Å². The predicted molar refractivity (Wildman–Crippen MR) is 452 cm³/mol. The third kappa shape index (κ3) is 25.3. The zero-order valence-corrected chi connectivity index (χ0v) is 73.8. The maximum Gasteiger partial charge on any atom is 0.161 e. The first kappa shape index (κ1) is 92.1. The summed E-state index contributed by atoms with van der Waals surface area (Å²) in [6.07, 6.45) is 34.3. The standard InChI is InChI=1S/C19H20Br4O4.C15H28O2.C15H28.C12H20O2.C12H20.C10H14O4.C8H10O2/c1-19(2,11-7-13(20)17(14(21)8-11)26-5-3-24)12-9-15(22)18(16(23)10-12)27-6-4-25;1-15(2,11-3-7-13(16)8-4-11)12-5-9-14(17)10-6-12;1-15(2,13-9-5-3-6-10-13)14-11-7-4-8-12-14;13-5-7-1-10-8-3-9(6-14)11(4-8)12(10)2-7;1-7-3-11-9-5-8(2)10(6-9)12(11)4-7;1-13-9-4-2-3-5-10(9)14-7-8(12)6-11;9-5-7-1-2-8(6-10)4-3-7/h7-10,24-25H,3-6H2,1-2H3;11-14,16-17H,3-10H2,1-2H3;13-14H,3-12H2,1-2H3;7-14H,1-6H2;7-12H,3-6H2,1-2H3;2-5,8,11-12H,6-7H2,1H3;1-4,9-10H,5-6H2. The van der Waals surface area contributed by atoms with E-state index in [1.807, 2.05) is 36.4 Å². The number of benzene rings is 4. The molecule has 14 nitrogen and oxygen atoms in total. The molecule has 13 atom stereocenters. The molecule has 10 fully saturated rings. The van der Waals surface area contributed by atoms with Crippen molar-refractivity contribution >= 4 is 63.7 Å². The van der Waals surface area contributed by atoms with Crippen molar-refractivity contribution in [2.45, 2.75) is 259 Å². The second-order valence-electron chi connectivity index (χ2n) is 36.0. The van der Waals surface area contributed by atoms with Crippen LogP contribution in [0.3, 0.4) is 0 Å². The molecule has 4 aromatic rings. The van der Waals surface area contributed by atoms with Crippen LogP contribution in [0.4, 0.5) is 0 Å². The number of methoxy groups -OCH3 is 1. The van der Waals surface area contributed by atoms with Crippen molar-refractivity contribution in [2.24, 2.45) is 106 Å². The molecule has 4 bridgehead atoms. The van der Waals surface area contributed by atoms with Crippen LogP contribution in [0.2, 0.25) is 0 Å². The number of aliphatic hydroxyl groups is 10. The Hall–Kier alpha value is -2.40. The van der Waals surface area contributed by atoms with Crippen LogP contribution < -0.4 is 18.9 Å². The van der Waals surface area contributed by atoms with Gasteiger partial charge in [0.15, 0.2) is 11.5 Å². The van der Waals surface area contributed by atoms with Gasteiger partial charge in [-0.25, -0.2) is 0 Å². The highest BCUT2D eigenvalue weighted by molar-refractivity contribution is 9.11. The van der Waals surface area contributed by atoms with Gasteiger partial charge >= 0.3 is 0 Å². The predicted octanol–water partition coefficient (Wildman–Crippen LogP) is 19.8. The summed E-state index contributed by atoms with van der Waals surface area (Å²) in [6.45, 7) is 20.2. The average Bonchev–Trinajstić information content (AvgIpc) is 1.62. The normalized spacial score (nSPS) is 29.3. The molecule has 0 spiro atoms. The molecule has 0 amide bonds. The maximum absolute atomic E-state index is 9.60. The summed E-state index contributed by atoms with van der Waals surface area (Å²) >= 11 is 14.3. The van der Waals surface area contributed by atoms with Crippen LogP contribution in [0.15, 0.2) is 90.7 Å². The van der Waals surface area contributed by atoms with E-state index in [1.54, 1.807) is 69.2 Å². The summed E-state index contributed by atoms with van der Waals surface area (Å²) < 4.78 is 24.7. The SMILES string of the molecule is CC(C)(C1CCC(O)CC1)C1CCC(O)CC1.CC(C)(C1CCCCC1)C1CCCCC1.CC(C)(c1cc(Br)c(OCCO)c(Br)c1)c1cc(Br)c(OCCO)c(Br)c1.CC1CC2C3CC(C)C(C3)C2C1.COc1ccccc1OCC(O)CO.OCC1CC2C3CC(CO)C(C3)C2C1.OCc1ccc(CO)cc1. The molecule has 0 heterocycles. The number of rotatable bonds is 21. The van der Waals surface area contributed by atoms with E-state index in [0.717, 1.165) is 143 Å². The van der Waals surface area contributed by atoms with Gasteiger partial charge in [0.25, 0.3) is 0 Å². The first-order valence-corrected chi connectivity index (χ1v) is 45.2. The fourth-order valence-electron chi connectivity index (χ4n) is 21.7. The number of para-hydroxylation sites is 2. The number of hydrogen-bond acceptors (Lipinski definition) is 14. The summed E-state index contributed by atoms with van der Waals surface area (Å²) in [7, 11) is 1.55. The fourth-order valence-corrected chi connectivity index (χ4v) is 24.5. The van der Waals surface area contributed by atoms with Gasteiger partial charge in [-0.1, -0.05) is 130 Å². The molecule has 0 aromatic heterocycles. The van der Waals surface area contributed by atoms with E-state index in [2.05, 4.69) is 119 Å². The Labute approximate surface area is 689 Å². The number of aliphatic hydroxyl groups excluding tert-OH is 10. The van der Waals surface area contributed by atoms with Crippen LogP contribution in [0.25, 0.3) is 0 Å². The zero-order chi connectivity index (χ0) is 79.2. The zero-order valence-electron chi connectivity index (χ0n) is 67.5. The third-order valence-corrected chi connectivity index (χ3v) is 30.6. The molecule has 10 aliphatic carbocycles. The van der Waals surface area contributed by atoms with Crippen molar-refractivity contribution < 1.29 is 70.0 Å². The summed E-state index contributed by atoms with van der Waals surface area (Å²) in [4.78, 5) is 0. The molecule has 0 saturated heterocycles. The highest BCUT2D eigenvalue weighted by atomic mass is 79.9. The Balaban J connectivity index is 0.000000163. The van der Waals surface area contributed by atoms with Gasteiger partial charge in [-0.3, -0.25) is 0 Å². The van der Waals surface area contributed by atoms with E-state index in [0.29, 0.717) is 58.9 Å². The molecule has 10 saturated carbocycles. The molecule has 0 radical (unpaired) electrons. The number of ether oxygens (including phenoxy) is 4. The highest BCUT2D eigenvalue weighted by Gasteiger charge is 2.56. The lowest BCUT2D eigenvalue weighted by Gasteiger charge is -2.46. The largest absolute Gasteiger partial charge is 0.493 e. The van der Waals surface area contributed by atoms with Gasteiger partial charge in [-0.2, -0.15) is 0 Å². The number of halogens is 4. The van der Waals surface area contributed by atoms with Gasteiger partial charge in [-0.05, 0) is 356 Å². The molecular weight excluding hydrogens is 1640 g/mol. The van der Waals surface area contributed by atoms with Crippen LogP contribution >= 0.6 is 63.7 Å². The average molecular weight is 1780 g/mol. The molecule has 13 unspecified atom stereocenters. The second-order valence-corrected chi connectivity index (χ2v) is 39.4. The van der Waals surface area contributed by atoms with Gasteiger partial charge in [0.1, 0.15) is 37.4 Å². The summed E-state index contributed by atoms with van der Waals surface area (Å²) in [6, 6.07) is 22.4. The van der Waals surface area contributed by atoms with Crippen LogP contribution in [-0.4, -0.2) is 129 Å². The van der Waals surface area contributed by atoms with E-state index in [-0.39, 0.29) is 70.5 Å². The molecule has 4 aromatic carbocycles. The minimum absolute atomic E-state index is 0.0428. The van der Waals surface area contributed by atoms with E-state index >= 15 is 0 Å². The van der Waals surface area contributed by atoms with Crippen LogP contribution in [0.5, 0.6) is 23.0 Å². The molecule has 14 rings (SSSR count). The first-order chi connectivity index (χ1) is 52.1. The van der Waals surface area contributed by atoms with Gasteiger partial charge in [0.05, 0.1) is 70.2 Å². The Bertz CT molecular complexity index is 3080. The number of hydrogen-bond donors (Lipinski definition) is 10. The Morgan fingerprint density at radius 2 is 0.844 bits per heavy atom. The van der Waals surface area contributed by atoms with Crippen molar-refractivity contribution in [3.8, 4) is 23.0 Å². The molecular formula is C91H140Br4O14. The monoisotopic (exact) mass is 1770 g/mol. The van der Waals surface area contributed by atoms with Gasteiger partial charge in [0, 0.05) is 18.6 Å². The Morgan fingerprint density at radius 3 is 1.27 bits per heavy atom. The lowest BCUT2D eigenvalue weighted by Crippen LogP contribution is -2.38. The van der Waals surface area contributed by atoms with Crippen molar-refractivity contribution in [3.63, 3.8) is 0 Å². The molecule has 616 valence electrons. The highest BCUT2D eigenvalue weighted by Crippen LogP contribution is 2.63. The van der Waals surface area contributed by atoms with E-state index in [4.69, 9.17) is 49.6 Å². The van der Waals surface area contributed by atoms with Crippen molar-refractivity contribution in [2.75, 3.05) is 60.0 Å². The minimum atomic E-state index is -0.861. The number of fused-ring (bicyclic) bond motifs is 10. The van der Waals surface area contributed by atoms with E-state index < -0.39 is 6.10 Å². The van der Waals surface area contributed by atoms with Crippen LogP contribution in [0, 0.1) is 106 Å². The quantitative estimate of drug-likeness (QED) is 0.0374. The molecule has 10 aliphatic rings. The van der Waals surface area contributed by atoms with E-state index in [9.17, 15) is 20.4 Å². The Morgan fingerprint density at radius 1 is 0.440 bits per heavy atom. The smallest absolute Gasteiger partial charge is 0.161 e. The lowest BCUT2D eigenvalue weighted by molar-refractivity contribution is 0.00232. The fraction of sp³-hybridized carbons (Fsp3) is 0.736. The topological polar surface area (TPSA) is 239 Å². The van der Waals surface area contributed by atoms with Crippen LogP contribution in [-0.2, 0) is 18.6 Å². The maximum atomic E-state index is 9.60. The second kappa shape index (κ2) is 44.8. The summed E-state index contributed by atoms with van der Waals surface area (Å²) in [5, 5.41) is 90.6. The molecule has 0 aliphatic heterocycles. The van der Waals surface area contributed by atoms with E-state index in [1.165, 1.54) is 121 Å². The van der Waals surface area contributed by atoms with Crippen LogP contribution in [0.1, 0.15) is 245 Å². The first-order valence-electron chi connectivity index (χ1n) is 42.0.